The van der Waals surface area contributed by atoms with E-state index in [9.17, 15) is 23.1 Å². The highest BCUT2D eigenvalue weighted by Crippen LogP contribution is 2.29. The average molecular weight is 499 g/mol. The normalized spacial score (nSPS) is 18.1. The van der Waals surface area contributed by atoms with Crippen molar-refractivity contribution in [2.75, 3.05) is 6.54 Å². The topological polar surface area (TPSA) is 104 Å². The van der Waals surface area contributed by atoms with Gasteiger partial charge in [-0.3, -0.25) is 4.79 Å². The largest absolute Gasteiger partial charge is 0.480 e. The lowest BCUT2D eigenvalue weighted by Crippen LogP contribution is -2.54. The number of rotatable bonds is 8. The van der Waals surface area contributed by atoms with E-state index in [-0.39, 0.29) is 27.9 Å². The molecule has 0 aliphatic carbocycles. The van der Waals surface area contributed by atoms with Crippen LogP contribution in [0.4, 0.5) is 0 Å². The number of aliphatic carboxylic acids is 1. The lowest BCUT2D eigenvalue weighted by atomic mass is 10.0. The smallest absolute Gasteiger partial charge is 0.326 e. The van der Waals surface area contributed by atoms with Crippen LogP contribution < -0.4 is 5.32 Å². The van der Waals surface area contributed by atoms with Gasteiger partial charge < -0.3 is 10.4 Å². The molecule has 2 unspecified atom stereocenters. The van der Waals surface area contributed by atoms with Crippen molar-refractivity contribution < 1.29 is 23.1 Å². The van der Waals surface area contributed by atoms with Crippen molar-refractivity contribution in [3.63, 3.8) is 0 Å². The summed E-state index contributed by atoms with van der Waals surface area (Å²) in [5.41, 5.74) is 0.952. The second-order valence-electron chi connectivity index (χ2n) is 7.66. The van der Waals surface area contributed by atoms with Crippen molar-refractivity contribution in [1.29, 1.82) is 0 Å². The number of benzene rings is 2. The van der Waals surface area contributed by atoms with Crippen molar-refractivity contribution >= 4 is 45.1 Å². The third-order valence-electron chi connectivity index (χ3n) is 5.38. The van der Waals surface area contributed by atoms with Gasteiger partial charge in [0.15, 0.2) is 0 Å². The zero-order valence-corrected chi connectivity index (χ0v) is 19.5. The number of nitrogens with zero attached hydrogens (tertiary/aromatic N) is 1. The van der Waals surface area contributed by atoms with E-state index in [0.717, 1.165) is 9.87 Å². The molecule has 32 heavy (non-hydrogen) atoms. The number of piperidine rings is 1. The van der Waals surface area contributed by atoms with E-state index in [1.807, 2.05) is 30.3 Å². The van der Waals surface area contributed by atoms with Crippen LogP contribution in [0.15, 0.2) is 53.4 Å². The van der Waals surface area contributed by atoms with Gasteiger partial charge in [-0.25, -0.2) is 13.2 Å². The van der Waals surface area contributed by atoms with Crippen LogP contribution in [0.25, 0.3) is 0 Å². The number of halogens is 2. The van der Waals surface area contributed by atoms with Gasteiger partial charge in [0.25, 0.3) is 0 Å². The molecule has 10 heteroatoms. The lowest BCUT2D eigenvalue weighted by molar-refractivity contribution is -0.142. The van der Waals surface area contributed by atoms with Crippen LogP contribution in [0.5, 0.6) is 0 Å². The first-order chi connectivity index (χ1) is 15.2. The molecule has 1 fully saturated rings. The van der Waals surface area contributed by atoms with Crippen molar-refractivity contribution in [3.8, 4) is 0 Å². The summed E-state index contributed by atoms with van der Waals surface area (Å²) in [5, 5.41) is 12.5. The maximum atomic E-state index is 13.2. The summed E-state index contributed by atoms with van der Waals surface area (Å²) in [6.07, 6.45) is 2.19. The number of carbonyl (C=O) groups excluding carboxylic acids is 1. The van der Waals surface area contributed by atoms with E-state index in [0.29, 0.717) is 25.7 Å². The molecule has 0 bridgehead atoms. The van der Waals surface area contributed by atoms with Crippen LogP contribution in [-0.4, -0.2) is 48.3 Å². The number of sulfonamides is 1. The molecule has 1 aliphatic rings. The molecule has 1 aliphatic heterocycles. The molecular formula is C22H24Cl2N2O5S. The predicted molar refractivity (Wildman–Crippen MR) is 122 cm³/mol. The standard InChI is InChI=1S/C22H24Cl2N2O5S/c23-16-12-17(24)14-18(13-16)32(30,31)26-11-5-4-8-20(26)21(27)25-19(22(28)29)10-9-15-6-2-1-3-7-15/h1-3,6-7,12-14,19-20H,4-5,8-11H2,(H,25,27)(H,28,29). The van der Waals surface area contributed by atoms with Crippen LogP contribution in [0.2, 0.25) is 10.0 Å². The Morgan fingerprint density at radius 3 is 2.38 bits per heavy atom. The number of amides is 1. The van der Waals surface area contributed by atoms with Crippen LogP contribution in [0, 0.1) is 0 Å². The molecule has 1 amide bonds. The Balaban J connectivity index is 1.77. The highest BCUT2D eigenvalue weighted by atomic mass is 35.5. The first kappa shape index (κ1) is 24.5. The molecule has 2 aromatic carbocycles. The maximum absolute atomic E-state index is 13.2. The van der Waals surface area contributed by atoms with Crippen LogP contribution in [0.1, 0.15) is 31.2 Å². The third kappa shape index (κ3) is 6.01. The molecular weight excluding hydrogens is 475 g/mol. The Morgan fingerprint density at radius 1 is 1.09 bits per heavy atom. The molecule has 0 radical (unpaired) electrons. The van der Waals surface area contributed by atoms with Gasteiger partial charge in [-0.05, 0) is 49.4 Å². The molecule has 3 rings (SSSR count). The van der Waals surface area contributed by atoms with Crippen molar-refractivity contribution in [3.05, 3.63) is 64.1 Å². The Morgan fingerprint density at radius 2 is 1.75 bits per heavy atom. The summed E-state index contributed by atoms with van der Waals surface area (Å²) in [4.78, 5) is 24.6. The van der Waals surface area contributed by atoms with E-state index >= 15 is 0 Å². The number of carboxylic acid groups (broad SMARTS) is 1. The molecule has 2 atom stereocenters. The van der Waals surface area contributed by atoms with E-state index < -0.39 is 34.0 Å². The van der Waals surface area contributed by atoms with Gasteiger partial charge in [0, 0.05) is 16.6 Å². The molecule has 172 valence electrons. The number of hydrogen-bond donors (Lipinski definition) is 2. The van der Waals surface area contributed by atoms with Crippen molar-refractivity contribution in [1.82, 2.24) is 9.62 Å². The van der Waals surface area contributed by atoms with Crippen LogP contribution in [0.3, 0.4) is 0 Å². The third-order valence-corrected chi connectivity index (χ3v) is 7.70. The summed E-state index contributed by atoms with van der Waals surface area (Å²) in [6.45, 7) is 0.145. The van der Waals surface area contributed by atoms with Crippen molar-refractivity contribution in [2.45, 2.75) is 49.1 Å². The zero-order valence-electron chi connectivity index (χ0n) is 17.2. The summed E-state index contributed by atoms with van der Waals surface area (Å²) in [6, 6.07) is 11.2. The second-order valence-corrected chi connectivity index (χ2v) is 10.4. The Bertz CT molecular complexity index is 1060. The molecule has 0 saturated carbocycles. The van der Waals surface area contributed by atoms with Crippen LogP contribution >= 0.6 is 23.2 Å². The van der Waals surface area contributed by atoms with Gasteiger partial charge in [-0.2, -0.15) is 4.31 Å². The van der Waals surface area contributed by atoms with Gasteiger partial charge >= 0.3 is 5.97 Å². The number of carbonyl (C=O) groups is 2. The van der Waals surface area contributed by atoms with Gasteiger partial charge in [0.05, 0.1) is 4.90 Å². The fourth-order valence-electron chi connectivity index (χ4n) is 3.75. The molecule has 0 aromatic heterocycles. The summed E-state index contributed by atoms with van der Waals surface area (Å²) >= 11 is 11.9. The first-order valence-corrected chi connectivity index (χ1v) is 12.4. The van der Waals surface area contributed by atoms with E-state index in [4.69, 9.17) is 23.2 Å². The molecule has 2 N–H and O–H groups in total. The molecule has 1 saturated heterocycles. The summed E-state index contributed by atoms with van der Waals surface area (Å²) in [5.74, 6) is -1.79. The zero-order chi connectivity index (χ0) is 23.3. The SMILES string of the molecule is O=C(O)C(CCc1ccccc1)NC(=O)C1CCCCN1S(=O)(=O)c1cc(Cl)cc(Cl)c1. The average Bonchev–Trinajstić information content (AvgIpc) is 2.76. The maximum Gasteiger partial charge on any atom is 0.326 e. The Labute approximate surface area is 197 Å². The highest BCUT2D eigenvalue weighted by molar-refractivity contribution is 7.89. The number of carboxylic acids is 1. The number of hydrogen-bond acceptors (Lipinski definition) is 4. The van der Waals surface area contributed by atoms with Gasteiger partial charge in [-0.15, -0.1) is 0 Å². The van der Waals surface area contributed by atoms with E-state index in [2.05, 4.69) is 5.32 Å². The minimum absolute atomic E-state index is 0.103. The fourth-order valence-corrected chi connectivity index (χ4v) is 6.13. The van der Waals surface area contributed by atoms with E-state index in [1.165, 1.54) is 18.2 Å². The highest BCUT2D eigenvalue weighted by Gasteiger charge is 2.39. The summed E-state index contributed by atoms with van der Waals surface area (Å²) in [7, 11) is -4.06. The Kier molecular flexibility index (Phi) is 8.16. The van der Waals surface area contributed by atoms with Gasteiger partial charge in [0.1, 0.15) is 12.1 Å². The molecule has 7 nitrogen and oxygen atoms in total. The summed E-state index contributed by atoms with van der Waals surface area (Å²) < 4.78 is 27.6. The minimum atomic E-state index is -4.06. The van der Waals surface area contributed by atoms with Crippen LogP contribution in [-0.2, 0) is 26.0 Å². The number of nitrogens with one attached hydrogen (secondary N) is 1. The minimum Gasteiger partial charge on any atom is -0.480 e. The second kappa shape index (κ2) is 10.7. The molecule has 2 aromatic rings. The number of aryl methyl sites for hydroxylation is 1. The van der Waals surface area contributed by atoms with Crippen molar-refractivity contribution in [2.24, 2.45) is 0 Å². The first-order valence-electron chi connectivity index (χ1n) is 10.2. The van der Waals surface area contributed by atoms with Gasteiger partial charge in [-0.1, -0.05) is 60.0 Å². The van der Waals surface area contributed by atoms with E-state index in [1.54, 1.807) is 0 Å². The lowest BCUT2D eigenvalue weighted by Gasteiger charge is -2.34. The molecule has 1 heterocycles. The quantitative estimate of drug-likeness (QED) is 0.576. The fraction of sp³-hybridized carbons (Fsp3) is 0.364. The predicted octanol–water partition coefficient (Wildman–Crippen LogP) is 3.74. The molecule has 0 spiro atoms. The van der Waals surface area contributed by atoms with Gasteiger partial charge in [0.2, 0.25) is 15.9 Å². The monoisotopic (exact) mass is 498 g/mol. The Hall–Kier alpha value is -2.13.